The molecular weight excluding hydrogens is 289 g/mol. The Morgan fingerprint density at radius 2 is 1.79 bits per heavy atom. The van der Waals surface area contributed by atoms with Gasteiger partial charge in [0, 0.05) is 22.2 Å². The lowest BCUT2D eigenvalue weighted by molar-refractivity contribution is -0.141. The van der Waals surface area contributed by atoms with E-state index in [-0.39, 0.29) is 12.5 Å². The molecule has 0 fully saturated rings. The van der Waals surface area contributed by atoms with Crippen LogP contribution in [0.1, 0.15) is 23.7 Å². The molecule has 19 heavy (non-hydrogen) atoms. The van der Waals surface area contributed by atoms with Crippen LogP contribution in [0.4, 0.5) is 0 Å². The molecule has 0 aliphatic rings. The molecule has 1 amide bonds. The van der Waals surface area contributed by atoms with E-state index in [4.69, 9.17) is 23.2 Å². The number of esters is 1. The second-order valence-corrected chi connectivity index (χ2v) is 4.83. The molecule has 1 aromatic carbocycles. The monoisotopic (exact) mass is 303 g/mol. The van der Waals surface area contributed by atoms with Crippen molar-refractivity contribution in [2.75, 3.05) is 20.2 Å². The highest BCUT2D eigenvalue weighted by Gasteiger charge is 2.19. The number of hydrogen-bond acceptors (Lipinski definition) is 3. The summed E-state index contributed by atoms with van der Waals surface area (Å²) in [6.07, 6.45) is 0.733. The van der Waals surface area contributed by atoms with Crippen molar-refractivity contribution in [1.29, 1.82) is 0 Å². The number of nitrogens with zero attached hydrogens (tertiary/aromatic N) is 1. The van der Waals surface area contributed by atoms with Crippen LogP contribution in [0.15, 0.2) is 18.2 Å². The number of rotatable bonds is 5. The smallest absolute Gasteiger partial charge is 0.325 e. The molecule has 4 nitrogen and oxygen atoms in total. The van der Waals surface area contributed by atoms with E-state index in [0.717, 1.165) is 6.42 Å². The van der Waals surface area contributed by atoms with Crippen LogP contribution < -0.4 is 0 Å². The first-order chi connectivity index (χ1) is 8.97. The molecule has 0 N–H and O–H groups in total. The van der Waals surface area contributed by atoms with E-state index >= 15 is 0 Å². The molecule has 6 heteroatoms. The van der Waals surface area contributed by atoms with Gasteiger partial charge in [0.25, 0.3) is 5.91 Å². The largest absolute Gasteiger partial charge is 0.468 e. The molecule has 0 aliphatic heterocycles. The number of carbonyl (C=O) groups is 2. The molecule has 0 spiro atoms. The second-order valence-electron chi connectivity index (χ2n) is 3.96. The summed E-state index contributed by atoms with van der Waals surface area (Å²) in [7, 11) is 1.28. The lowest BCUT2D eigenvalue weighted by Gasteiger charge is -2.21. The van der Waals surface area contributed by atoms with Gasteiger partial charge in [0.2, 0.25) is 0 Å². The first-order valence-electron chi connectivity index (χ1n) is 5.80. The Bertz CT molecular complexity index is 457. The minimum Gasteiger partial charge on any atom is -0.468 e. The lowest BCUT2D eigenvalue weighted by Crippen LogP contribution is -2.36. The topological polar surface area (TPSA) is 46.6 Å². The summed E-state index contributed by atoms with van der Waals surface area (Å²) in [6, 6.07) is 4.59. The number of carbonyl (C=O) groups excluding carboxylic acids is 2. The van der Waals surface area contributed by atoms with E-state index in [0.29, 0.717) is 22.2 Å². The van der Waals surface area contributed by atoms with Gasteiger partial charge in [0.15, 0.2) is 0 Å². The summed E-state index contributed by atoms with van der Waals surface area (Å²) >= 11 is 11.7. The maximum atomic E-state index is 12.3. The molecule has 0 radical (unpaired) electrons. The Morgan fingerprint density at radius 3 is 2.26 bits per heavy atom. The number of benzene rings is 1. The fourth-order valence-corrected chi connectivity index (χ4v) is 2.13. The van der Waals surface area contributed by atoms with Crippen LogP contribution in [0.25, 0.3) is 0 Å². The van der Waals surface area contributed by atoms with Crippen LogP contribution in [0, 0.1) is 0 Å². The maximum Gasteiger partial charge on any atom is 0.325 e. The van der Waals surface area contributed by atoms with Crippen LogP contribution in [0.5, 0.6) is 0 Å². The van der Waals surface area contributed by atoms with Crippen molar-refractivity contribution in [1.82, 2.24) is 4.90 Å². The Hall–Kier alpha value is -1.26. The van der Waals surface area contributed by atoms with Crippen LogP contribution >= 0.6 is 23.2 Å². The summed E-state index contributed by atoms with van der Waals surface area (Å²) in [4.78, 5) is 25.0. The minimum atomic E-state index is -0.463. The Labute approximate surface area is 122 Å². The number of halogens is 2. The molecule has 0 bridgehead atoms. The normalized spacial score (nSPS) is 10.1. The summed E-state index contributed by atoms with van der Waals surface area (Å²) < 4.78 is 4.58. The molecule has 0 aromatic heterocycles. The van der Waals surface area contributed by atoms with E-state index in [1.54, 1.807) is 6.07 Å². The van der Waals surface area contributed by atoms with Gasteiger partial charge in [-0.2, -0.15) is 0 Å². The van der Waals surface area contributed by atoms with Gasteiger partial charge in [-0.15, -0.1) is 0 Å². The Balaban J connectivity index is 2.94. The molecular formula is C13H15Cl2NO3. The zero-order valence-corrected chi connectivity index (χ0v) is 12.3. The first kappa shape index (κ1) is 15.8. The van der Waals surface area contributed by atoms with Crippen molar-refractivity contribution in [3.8, 4) is 0 Å². The van der Waals surface area contributed by atoms with Crippen molar-refractivity contribution in [2.45, 2.75) is 13.3 Å². The van der Waals surface area contributed by atoms with Crippen LogP contribution in [-0.2, 0) is 9.53 Å². The van der Waals surface area contributed by atoms with Crippen molar-refractivity contribution in [3.05, 3.63) is 33.8 Å². The molecule has 0 saturated heterocycles. The van der Waals surface area contributed by atoms with Gasteiger partial charge in [0.1, 0.15) is 6.54 Å². The van der Waals surface area contributed by atoms with Crippen molar-refractivity contribution in [3.63, 3.8) is 0 Å². The number of ether oxygens (including phenoxy) is 1. The highest BCUT2D eigenvalue weighted by Crippen LogP contribution is 2.20. The third-order valence-corrected chi connectivity index (χ3v) is 2.87. The third-order valence-electron chi connectivity index (χ3n) is 2.44. The zero-order chi connectivity index (χ0) is 14.4. The van der Waals surface area contributed by atoms with E-state index in [1.165, 1.54) is 24.1 Å². The first-order valence-corrected chi connectivity index (χ1v) is 6.55. The summed E-state index contributed by atoms with van der Waals surface area (Å²) in [5, 5.41) is 0.760. The molecule has 0 unspecified atom stereocenters. The average Bonchev–Trinajstić information content (AvgIpc) is 2.36. The molecule has 0 saturated carbocycles. The molecule has 1 rings (SSSR count). The molecule has 104 valence electrons. The van der Waals surface area contributed by atoms with Gasteiger partial charge >= 0.3 is 5.97 Å². The van der Waals surface area contributed by atoms with Crippen molar-refractivity contribution in [2.24, 2.45) is 0 Å². The molecule has 1 aromatic rings. The van der Waals surface area contributed by atoms with Gasteiger partial charge in [-0.05, 0) is 24.6 Å². The van der Waals surface area contributed by atoms with Gasteiger partial charge in [-0.25, -0.2) is 0 Å². The highest BCUT2D eigenvalue weighted by atomic mass is 35.5. The van der Waals surface area contributed by atoms with Crippen molar-refractivity contribution < 1.29 is 14.3 Å². The predicted molar refractivity (Wildman–Crippen MR) is 74.7 cm³/mol. The molecule has 0 atom stereocenters. The average molecular weight is 304 g/mol. The van der Waals surface area contributed by atoms with Gasteiger partial charge in [-0.1, -0.05) is 30.1 Å². The predicted octanol–water partition coefficient (Wildman–Crippen LogP) is 3.02. The van der Waals surface area contributed by atoms with Crippen molar-refractivity contribution >= 4 is 35.1 Å². The summed E-state index contributed by atoms with van der Waals surface area (Å²) in [6.45, 7) is 2.29. The quantitative estimate of drug-likeness (QED) is 0.786. The Kier molecular flexibility index (Phi) is 6.12. The van der Waals surface area contributed by atoms with Gasteiger partial charge in [-0.3, -0.25) is 9.59 Å². The van der Waals surface area contributed by atoms with E-state index in [1.807, 2.05) is 6.92 Å². The highest BCUT2D eigenvalue weighted by molar-refractivity contribution is 6.35. The second kappa shape index (κ2) is 7.36. The fourth-order valence-electron chi connectivity index (χ4n) is 1.60. The Morgan fingerprint density at radius 1 is 1.21 bits per heavy atom. The van der Waals surface area contributed by atoms with Gasteiger partial charge in [0.05, 0.1) is 7.11 Å². The molecule has 0 heterocycles. The molecule has 0 aliphatic carbocycles. The van der Waals surface area contributed by atoms with Crippen LogP contribution in [-0.4, -0.2) is 37.0 Å². The number of amides is 1. The fraction of sp³-hybridized carbons (Fsp3) is 0.385. The van der Waals surface area contributed by atoms with Crippen LogP contribution in [0.3, 0.4) is 0 Å². The maximum absolute atomic E-state index is 12.3. The van der Waals surface area contributed by atoms with E-state index < -0.39 is 5.97 Å². The standard InChI is InChI=1S/C13H15Cl2NO3/c1-3-4-16(8-12(17)19-2)13(18)9-5-10(14)7-11(15)6-9/h5-7H,3-4,8H2,1-2H3. The lowest BCUT2D eigenvalue weighted by atomic mass is 10.2. The summed E-state index contributed by atoms with van der Waals surface area (Å²) in [5.41, 5.74) is 0.356. The number of hydrogen-bond donors (Lipinski definition) is 0. The van der Waals surface area contributed by atoms with Crippen LogP contribution in [0.2, 0.25) is 10.0 Å². The van der Waals surface area contributed by atoms with E-state index in [2.05, 4.69) is 4.74 Å². The number of methoxy groups -OCH3 is 1. The van der Waals surface area contributed by atoms with Gasteiger partial charge < -0.3 is 9.64 Å². The zero-order valence-electron chi connectivity index (χ0n) is 10.8. The third kappa shape index (κ3) is 4.73. The SMILES string of the molecule is CCCN(CC(=O)OC)C(=O)c1cc(Cl)cc(Cl)c1. The summed E-state index contributed by atoms with van der Waals surface area (Å²) in [5.74, 6) is -0.758. The van der Waals surface area contributed by atoms with E-state index in [9.17, 15) is 9.59 Å². The minimum absolute atomic E-state index is 0.0900.